The lowest BCUT2D eigenvalue weighted by Gasteiger charge is -2.15. The lowest BCUT2D eigenvalue weighted by atomic mass is 9.93. The maximum Gasteiger partial charge on any atom is 0.142 e. The van der Waals surface area contributed by atoms with Crippen LogP contribution in [0.3, 0.4) is 0 Å². The highest BCUT2D eigenvalue weighted by atomic mass is 35.5. The molecule has 6 heteroatoms. The number of nitrogens with zero attached hydrogens (tertiary/aromatic N) is 3. The van der Waals surface area contributed by atoms with Crippen LogP contribution in [0, 0.1) is 18.3 Å². The van der Waals surface area contributed by atoms with E-state index in [4.69, 9.17) is 28.9 Å². The highest BCUT2D eigenvalue weighted by Crippen LogP contribution is 2.38. The number of rotatable bonds is 2. The van der Waals surface area contributed by atoms with Crippen LogP contribution in [0.2, 0.25) is 10.0 Å². The zero-order valence-corrected chi connectivity index (χ0v) is 14.2. The molecule has 3 aromatic rings. The van der Waals surface area contributed by atoms with Crippen molar-refractivity contribution in [3.8, 4) is 28.5 Å². The largest absolute Gasteiger partial charge is 0.383 e. The Bertz CT molecular complexity index is 963. The van der Waals surface area contributed by atoms with Gasteiger partial charge in [-0.25, -0.2) is 4.98 Å². The standard InChI is InChI=1S/C18H12Cl2N4/c1-10-16(11-4-6-23-7-5-11)14(9-21)18(22)24-17(10)13-3-2-12(19)8-15(13)20/h2-8H,1H3,(H2,22,24). The van der Waals surface area contributed by atoms with Crippen LogP contribution in [-0.4, -0.2) is 9.97 Å². The van der Waals surface area contributed by atoms with Crippen LogP contribution in [0.4, 0.5) is 5.82 Å². The van der Waals surface area contributed by atoms with Crippen molar-refractivity contribution >= 4 is 29.0 Å². The van der Waals surface area contributed by atoms with Gasteiger partial charge in [0, 0.05) is 28.5 Å². The Kier molecular flexibility index (Phi) is 4.39. The first-order chi connectivity index (χ1) is 11.5. The van der Waals surface area contributed by atoms with Crippen molar-refractivity contribution in [2.24, 2.45) is 0 Å². The van der Waals surface area contributed by atoms with Gasteiger partial charge < -0.3 is 5.73 Å². The van der Waals surface area contributed by atoms with Gasteiger partial charge in [0.1, 0.15) is 17.5 Å². The molecule has 4 nitrogen and oxygen atoms in total. The number of nitriles is 1. The van der Waals surface area contributed by atoms with Gasteiger partial charge >= 0.3 is 0 Å². The third-order valence-corrected chi connectivity index (χ3v) is 4.28. The Morgan fingerprint density at radius 3 is 2.46 bits per heavy atom. The molecule has 0 saturated heterocycles. The molecule has 0 aliphatic heterocycles. The van der Waals surface area contributed by atoms with Gasteiger partial charge in [-0.15, -0.1) is 0 Å². The van der Waals surface area contributed by atoms with Gasteiger partial charge in [0.15, 0.2) is 0 Å². The first-order valence-corrected chi connectivity index (χ1v) is 7.84. The second-order valence-electron chi connectivity index (χ2n) is 5.19. The van der Waals surface area contributed by atoms with Crippen LogP contribution >= 0.6 is 23.2 Å². The number of aromatic nitrogens is 2. The van der Waals surface area contributed by atoms with Crippen LogP contribution in [0.1, 0.15) is 11.1 Å². The molecule has 0 aliphatic rings. The molecular formula is C18H12Cl2N4. The third kappa shape index (κ3) is 2.80. The molecule has 0 saturated carbocycles. The minimum atomic E-state index is 0.163. The molecule has 2 N–H and O–H groups in total. The summed E-state index contributed by atoms with van der Waals surface area (Å²) in [6.45, 7) is 1.89. The molecule has 0 spiro atoms. The number of nitrogen functional groups attached to an aromatic ring is 1. The van der Waals surface area contributed by atoms with Gasteiger partial charge in [-0.2, -0.15) is 5.26 Å². The second-order valence-corrected chi connectivity index (χ2v) is 6.04. The van der Waals surface area contributed by atoms with E-state index in [1.165, 1.54) is 0 Å². The summed E-state index contributed by atoms with van der Waals surface area (Å²) in [6, 6.07) is 11.0. The number of hydrogen-bond donors (Lipinski definition) is 1. The van der Waals surface area contributed by atoms with Gasteiger partial charge in [-0.1, -0.05) is 23.2 Å². The minimum absolute atomic E-state index is 0.163. The molecule has 24 heavy (non-hydrogen) atoms. The lowest BCUT2D eigenvalue weighted by Crippen LogP contribution is -2.03. The zero-order valence-electron chi connectivity index (χ0n) is 12.7. The fraction of sp³-hybridized carbons (Fsp3) is 0.0556. The Labute approximate surface area is 149 Å². The molecular weight excluding hydrogens is 343 g/mol. The van der Waals surface area contributed by atoms with E-state index in [9.17, 15) is 5.26 Å². The molecule has 118 valence electrons. The molecule has 0 radical (unpaired) electrons. The molecule has 2 aromatic heterocycles. The van der Waals surface area contributed by atoms with Gasteiger partial charge in [0.05, 0.1) is 10.7 Å². The summed E-state index contributed by atoms with van der Waals surface area (Å²) in [5.41, 5.74) is 10.1. The van der Waals surface area contributed by atoms with E-state index in [1.807, 2.05) is 19.1 Å². The van der Waals surface area contributed by atoms with Crippen LogP contribution in [0.25, 0.3) is 22.4 Å². The predicted octanol–water partition coefficient (Wildman–Crippen LogP) is 4.88. The van der Waals surface area contributed by atoms with E-state index < -0.39 is 0 Å². The fourth-order valence-corrected chi connectivity index (χ4v) is 3.13. The number of halogens is 2. The molecule has 0 unspecified atom stereocenters. The molecule has 1 aromatic carbocycles. The van der Waals surface area contributed by atoms with Crippen molar-refractivity contribution in [1.82, 2.24) is 9.97 Å². The van der Waals surface area contributed by atoms with E-state index in [1.54, 1.807) is 30.6 Å². The van der Waals surface area contributed by atoms with E-state index in [0.717, 1.165) is 16.7 Å². The zero-order chi connectivity index (χ0) is 17.3. The SMILES string of the molecule is Cc1c(-c2ccc(Cl)cc2Cl)nc(N)c(C#N)c1-c1ccncc1. The summed E-state index contributed by atoms with van der Waals surface area (Å²) in [7, 11) is 0. The van der Waals surface area contributed by atoms with Crippen molar-refractivity contribution in [2.75, 3.05) is 5.73 Å². The topological polar surface area (TPSA) is 75.6 Å². The summed E-state index contributed by atoms with van der Waals surface area (Å²) in [6.07, 6.45) is 3.34. The number of nitrogens with two attached hydrogens (primary N) is 1. The summed E-state index contributed by atoms with van der Waals surface area (Å²) in [4.78, 5) is 8.42. The Morgan fingerprint density at radius 1 is 1.12 bits per heavy atom. The number of benzene rings is 1. The monoisotopic (exact) mass is 354 g/mol. The first-order valence-electron chi connectivity index (χ1n) is 7.09. The van der Waals surface area contributed by atoms with Crippen LogP contribution in [-0.2, 0) is 0 Å². The van der Waals surface area contributed by atoms with Crippen LogP contribution in [0.5, 0.6) is 0 Å². The Hall–Kier alpha value is -2.61. The van der Waals surface area contributed by atoms with E-state index >= 15 is 0 Å². The second kappa shape index (κ2) is 6.48. The smallest absolute Gasteiger partial charge is 0.142 e. The van der Waals surface area contributed by atoms with Crippen molar-refractivity contribution in [3.05, 3.63) is 63.9 Å². The van der Waals surface area contributed by atoms with Crippen molar-refractivity contribution < 1.29 is 0 Å². The molecule has 0 bridgehead atoms. The van der Waals surface area contributed by atoms with Gasteiger partial charge in [0.2, 0.25) is 0 Å². The minimum Gasteiger partial charge on any atom is -0.383 e. The molecule has 3 rings (SSSR count). The summed E-state index contributed by atoms with van der Waals surface area (Å²) < 4.78 is 0. The maximum atomic E-state index is 9.51. The Morgan fingerprint density at radius 2 is 1.83 bits per heavy atom. The number of hydrogen-bond acceptors (Lipinski definition) is 4. The quantitative estimate of drug-likeness (QED) is 0.711. The van der Waals surface area contributed by atoms with Crippen molar-refractivity contribution in [3.63, 3.8) is 0 Å². The van der Waals surface area contributed by atoms with Gasteiger partial charge in [0.25, 0.3) is 0 Å². The summed E-state index contributed by atoms with van der Waals surface area (Å²) in [5.74, 6) is 0.163. The molecule has 0 amide bonds. The number of anilines is 1. The summed E-state index contributed by atoms with van der Waals surface area (Å²) >= 11 is 12.3. The van der Waals surface area contributed by atoms with Gasteiger partial charge in [-0.3, -0.25) is 4.98 Å². The highest BCUT2D eigenvalue weighted by molar-refractivity contribution is 6.36. The maximum absolute atomic E-state index is 9.51. The predicted molar refractivity (Wildman–Crippen MR) is 96.8 cm³/mol. The van der Waals surface area contributed by atoms with E-state index in [2.05, 4.69) is 16.0 Å². The normalized spacial score (nSPS) is 10.4. The number of pyridine rings is 2. The van der Waals surface area contributed by atoms with E-state index in [0.29, 0.717) is 26.9 Å². The highest BCUT2D eigenvalue weighted by Gasteiger charge is 2.19. The van der Waals surface area contributed by atoms with Gasteiger partial charge in [-0.05, 0) is 48.4 Å². The molecule has 0 fully saturated rings. The van der Waals surface area contributed by atoms with Crippen LogP contribution < -0.4 is 5.73 Å². The third-order valence-electron chi connectivity index (χ3n) is 3.74. The average Bonchev–Trinajstić information content (AvgIpc) is 2.57. The van der Waals surface area contributed by atoms with E-state index in [-0.39, 0.29) is 5.82 Å². The molecule has 0 aliphatic carbocycles. The van der Waals surface area contributed by atoms with Crippen molar-refractivity contribution in [2.45, 2.75) is 6.92 Å². The van der Waals surface area contributed by atoms with Crippen LogP contribution in [0.15, 0.2) is 42.7 Å². The fourth-order valence-electron chi connectivity index (χ4n) is 2.63. The average molecular weight is 355 g/mol. The van der Waals surface area contributed by atoms with Crippen molar-refractivity contribution in [1.29, 1.82) is 5.26 Å². The molecule has 0 atom stereocenters. The molecule has 2 heterocycles. The Balaban J connectivity index is 2.35. The lowest BCUT2D eigenvalue weighted by molar-refractivity contribution is 1.25. The summed E-state index contributed by atoms with van der Waals surface area (Å²) in [5, 5.41) is 10.5. The first kappa shape index (κ1) is 16.3.